The number of fused-ring (bicyclic) bond motifs is 1. The van der Waals surface area contributed by atoms with Crippen molar-refractivity contribution in [3.8, 4) is 0 Å². The Morgan fingerprint density at radius 3 is 2.79 bits per heavy atom. The van der Waals surface area contributed by atoms with Gasteiger partial charge in [0.15, 0.2) is 0 Å². The third kappa shape index (κ3) is 0.711. The molecule has 1 aliphatic heterocycles. The van der Waals surface area contributed by atoms with Crippen LogP contribution in [0.25, 0.3) is 0 Å². The van der Waals surface area contributed by atoms with Crippen LogP contribution in [0.2, 0.25) is 0 Å². The summed E-state index contributed by atoms with van der Waals surface area (Å²) in [6.07, 6.45) is 1.24. The minimum Gasteiger partial charge on any atom is -0.293 e. The van der Waals surface area contributed by atoms with E-state index in [1.54, 1.807) is 6.92 Å². The molecule has 0 saturated heterocycles. The van der Waals surface area contributed by atoms with Crippen LogP contribution in [0.3, 0.4) is 0 Å². The predicted octanol–water partition coefficient (Wildman–Crippen LogP) is -0.0410. The largest absolute Gasteiger partial charge is 0.293 e. The van der Waals surface area contributed by atoms with Crippen molar-refractivity contribution in [2.45, 2.75) is 19.8 Å². The molecule has 1 fully saturated rings. The van der Waals surface area contributed by atoms with E-state index in [2.05, 4.69) is 15.4 Å². The fourth-order valence-electron chi connectivity index (χ4n) is 1.72. The summed E-state index contributed by atoms with van der Waals surface area (Å²) in [7, 11) is 0. The Labute approximate surface area is 79.3 Å². The van der Waals surface area contributed by atoms with Gasteiger partial charge in [0.05, 0.1) is 0 Å². The highest BCUT2D eigenvalue weighted by molar-refractivity contribution is 6.16. The molecule has 1 N–H and O–H groups in total. The second-order valence-corrected chi connectivity index (χ2v) is 3.74. The minimum atomic E-state index is -0.826. The van der Waals surface area contributed by atoms with Crippen molar-refractivity contribution in [3.63, 3.8) is 0 Å². The van der Waals surface area contributed by atoms with Crippen LogP contribution in [0.4, 0.5) is 5.95 Å². The molecule has 0 radical (unpaired) electrons. The van der Waals surface area contributed by atoms with Crippen molar-refractivity contribution in [2.24, 2.45) is 5.41 Å². The van der Waals surface area contributed by atoms with E-state index in [9.17, 15) is 9.59 Å². The van der Waals surface area contributed by atoms with Gasteiger partial charge in [0.1, 0.15) is 11.2 Å². The van der Waals surface area contributed by atoms with E-state index < -0.39 is 5.41 Å². The summed E-state index contributed by atoms with van der Waals surface area (Å²) in [5.74, 6) is 0.264. The zero-order chi connectivity index (χ0) is 9.92. The maximum Gasteiger partial charge on any atom is 0.265 e. The zero-order valence-electron chi connectivity index (χ0n) is 7.57. The van der Waals surface area contributed by atoms with E-state index in [1.807, 2.05) is 0 Å². The van der Waals surface area contributed by atoms with Gasteiger partial charge in [-0.3, -0.25) is 14.9 Å². The third-order valence-electron chi connectivity index (χ3n) is 2.72. The summed E-state index contributed by atoms with van der Waals surface area (Å²) >= 11 is 0. The van der Waals surface area contributed by atoms with E-state index in [0.717, 1.165) is 0 Å². The first kappa shape index (κ1) is 7.66. The number of carbonyl (C=O) groups excluding carboxylic acids is 2. The second-order valence-electron chi connectivity index (χ2n) is 3.74. The lowest BCUT2D eigenvalue weighted by Crippen LogP contribution is -2.41. The molecule has 72 valence electrons. The monoisotopic (exact) mass is 192 g/mol. The summed E-state index contributed by atoms with van der Waals surface area (Å²) in [6.45, 7) is 1.68. The number of nitrogens with one attached hydrogen (secondary N) is 1. The Kier molecular flexibility index (Phi) is 1.11. The van der Waals surface area contributed by atoms with E-state index in [1.165, 1.54) is 4.68 Å². The van der Waals surface area contributed by atoms with Crippen molar-refractivity contribution in [1.29, 1.82) is 0 Å². The van der Waals surface area contributed by atoms with Gasteiger partial charge < -0.3 is 0 Å². The molecule has 6 heteroatoms. The normalized spacial score (nSPS) is 22.1. The van der Waals surface area contributed by atoms with E-state index in [4.69, 9.17) is 0 Å². The Hall–Kier alpha value is -1.72. The zero-order valence-corrected chi connectivity index (χ0v) is 7.57. The Morgan fingerprint density at radius 1 is 1.43 bits per heavy atom. The van der Waals surface area contributed by atoms with Crippen molar-refractivity contribution < 1.29 is 9.59 Å². The van der Waals surface area contributed by atoms with Gasteiger partial charge in [0.25, 0.3) is 5.91 Å². The molecule has 1 aromatic heterocycles. The third-order valence-corrected chi connectivity index (χ3v) is 2.72. The average molecular weight is 192 g/mol. The standard InChI is InChI=1S/C8H8N4O2/c1-4-9-7-10-5(13)8(2-3-8)6(14)12(7)11-4/h2-3H2,1H3,(H,9,10,11,13). The van der Waals surface area contributed by atoms with Crippen LogP contribution in [-0.4, -0.2) is 26.6 Å². The van der Waals surface area contributed by atoms with Crippen molar-refractivity contribution >= 4 is 17.8 Å². The first-order valence-electron chi connectivity index (χ1n) is 4.43. The maximum absolute atomic E-state index is 11.8. The van der Waals surface area contributed by atoms with Crippen LogP contribution in [0.5, 0.6) is 0 Å². The van der Waals surface area contributed by atoms with Crippen LogP contribution in [-0.2, 0) is 4.79 Å². The van der Waals surface area contributed by atoms with Crippen LogP contribution in [0.1, 0.15) is 23.5 Å². The molecule has 0 unspecified atom stereocenters. The molecular formula is C8H8N4O2. The fourth-order valence-corrected chi connectivity index (χ4v) is 1.72. The molecule has 1 amide bonds. The van der Waals surface area contributed by atoms with Gasteiger partial charge in [-0.25, -0.2) is 0 Å². The van der Waals surface area contributed by atoms with Crippen LogP contribution < -0.4 is 5.32 Å². The van der Waals surface area contributed by atoms with Crippen LogP contribution in [0.15, 0.2) is 0 Å². The number of aryl methyl sites for hydroxylation is 1. The first-order chi connectivity index (χ1) is 6.63. The summed E-state index contributed by atoms with van der Waals surface area (Å²) < 4.78 is 1.20. The highest BCUT2D eigenvalue weighted by Gasteiger charge is 2.60. The van der Waals surface area contributed by atoms with Crippen LogP contribution >= 0.6 is 0 Å². The Balaban J connectivity index is 2.18. The van der Waals surface area contributed by atoms with E-state index in [0.29, 0.717) is 18.7 Å². The molecule has 1 aromatic rings. The van der Waals surface area contributed by atoms with E-state index in [-0.39, 0.29) is 17.8 Å². The van der Waals surface area contributed by atoms with Gasteiger partial charge in [-0.05, 0) is 19.8 Å². The number of hydrogen-bond acceptors (Lipinski definition) is 4. The molecule has 1 spiro atoms. The summed E-state index contributed by atoms with van der Waals surface area (Å²) in [5.41, 5.74) is -0.826. The fraction of sp³-hybridized carbons (Fsp3) is 0.500. The van der Waals surface area contributed by atoms with Crippen molar-refractivity contribution in [3.05, 3.63) is 5.82 Å². The molecule has 2 aliphatic rings. The van der Waals surface area contributed by atoms with Gasteiger partial charge in [-0.2, -0.15) is 9.67 Å². The van der Waals surface area contributed by atoms with Gasteiger partial charge in [-0.15, -0.1) is 5.10 Å². The number of aromatic nitrogens is 3. The molecule has 6 nitrogen and oxygen atoms in total. The molecule has 1 saturated carbocycles. The number of amides is 1. The number of anilines is 1. The lowest BCUT2D eigenvalue weighted by atomic mass is 10.0. The minimum absolute atomic E-state index is 0.234. The number of nitrogens with zero attached hydrogens (tertiary/aromatic N) is 3. The van der Waals surface area contributed by atoms with Crippen LogP contribution in [0, 0.1) is 12.3 Å². The SMILES string of the molecule is Cc1nc2n(n1)C(=O)C1(CC1)C(=O)N2. The van der Waals surface area contributed by atoms with E-state index >= 15 is 0 Å². The molecule has 2 heterocycles. The van der Waals surface area contributed by atoms with Gasteiger partial charge >= 0.3 is 0 Å². The summed E-state index contributed by atoms with van der Waals surface area (Å²) in [5, 5.41) is 6.54. The highest BCUT2D eigenvalue weighted by atomic mass is 16.2. The molecule has 0 aromatic carbocycles. The Morgan fingerprint density at radius 2 is 2.14 bits per heavy atom. The molecule has 0 atom stereocenters. The lowest BCUT2D eigenvalue weighted by molar-refractivity contribution is -0.120. The topological polar surface area (TPSA) is 76.9 Å². The number of carbonyl (C=O) groups is 2. The number of rotatable bonds is 0. The van der Waals surface area contributed by atoms with Gasteiger partial charge in [0, 0.05) is 0 Å². The predicted molar refractivity (Wildman–Crippen MR) is 45.7 cm³/mol. The quantitative estimate of drug-likeness (QED) is 0.585. The van der Waals surface area contributed by atoms with Crippen molar-refractivity contribution in [1.82, 2.24) is 14.8 Å². The van der Waals surface area contributed by atoms with Gasteiger partial charge in [-0.1, -0.05) is 0 Å². The summed E-state index contributed by atoms with van der Waals surface area (Å²) in [4.78, 5) is 27.3. The second kappa shape index (κ2) is 2.02. The lowest BCUT2D eigenvalue weighted by Gasteiger charge is -2.19. The molecule has 1 aliphatic carbocycles. The maximum atomic E-state index is 11.8. The Bertz CT molecular complexity index is 458. The van der Waals surface area contributed by atoms with Gasteiger partial charge in [0.2, 0.25) is 11.9 Å². The first-order valence-corrected chi connectivity index (χ1v) is 4.43. The number of hydrogen-bond donors (Lipinski definition) is 1. The smallest absolute Gasteiger partial charge is 0.265 e. The van der Waals surface area contributed by atoms with Crippen molar-refractivity contribution in [2.75, 3.05) is 5.32 Å². The molecular weight excluding hydrogens is 184 g/mol. The highest BCUT2D eigenvalue weighted by Crippen LogP contribution is 2.49. The molecule has 0 bridgehead atoms. The average Bonchev–Trinajstić information content (AvgIpc) is 2.84. The molecule has 14 heavy (non-hydrogen) atoms. The summed E-state index contributed by atoms with van der Waals surface area (Å²) in [6, 6.07) is 0. The molecule has 3 rings (SSSR count).